The highest BCUT2D eigenvalue weighted by Gasteiger charge is 2.07. The van der Waals surface area contributed by atoms with Crippen LogP contribution in [0.5, 0.6) is 0 Å². The van der Waals surface area contributed by atoms with Crippen LogP contribution in [-0.4, -0.2) is 23.6 Å². The number of nitrogen functional groups attached to an aromatic ring is 1. The lowest BCUT2D eigenvalue weighted by atomic mass is 10.5. The van der Waals surface area contributed by atoms with E-state index in [2.05, 4.69) is 16.9 Å². The largest absolute Gasteiger partial charge is 0.382 e. The van der Waals surface area contributed by atoms with Crippen LogP contribution in [0.3, 0.4) is 0 Å². The second-order valence-electron chi connectivity index (χ2n) is 2.57. The first-order valence-corrected chi connectivity index (χ1v) is 3.68. The van der Waals surface area contributed by atoms with Gasteiger partial charge >= 0.3 is 0 Å². The Bertz CT molecular complexity index is 241. The summed E-state index contributed by atoms with van der Waals surface area (Å²) in [6, 6.07) is 0. The van der Waals surface area contributed by atoms with E-state index in [1.807, 2.05) is 18.9 Å². The molecule has 1 aromatic heterocycles. The molecule has 0 amide bonds. The van der Waals surface area contributed by atoms with Crippen molar-refractivity contribution in [2.45, 2.75) is 13.8 Å². The quantitative estimate of drug-likeness (QED) is 0.661. The van der Waals surface area contributed by atoms with Crippen LogP contribution in [0.25, 0.3) is 0 Å². The maximum atomic E-state index is 5.66. The van der Waals surface area contributed by atoms with Gasteiger partial charge in [-0.15, -0.1) is 0 Å². The Hall–Kier alpha value is -1.19. The fourth-order valence-electron chi connectivity index (χ4n) is 0.939. The van der Waals surface area contributed by atoms with Gasteiger partial charge in [0.25, 0.3) is 0 Å². The lowest BCUT2D eigenvalue weighted by Gasteiger charge is -2.13. The van der Waals surface area contributed by atoms with Crippen LogP contribution in [0.4, 0.5) is 11.6 Å². The molecule has 4 heteroatoms. The molecule has 0 fully saturated rings. The van der Waals surface area contributed by atoms with Crippen LogP contribution in [0.15, 0.2) is 0 Å². The van der Waals surface area contributed by atoms with Gasteiger partial charge in [0.2, 0.25) is 0 Å². The standard InChI is InChI=1S/C7H14N4/c1-4-11(3)7-6(8)9-5(2)10-7/h4,8H2,1-3H3,(H,9,10). The first-order valence-electron chi connectivity index (χ1n) is 3.68. The lowest BCUT2D eigenvalue weighted by molar-refractivity contribution is 0.943. The van der Waals surface area contributed by atoms with Gasteiger partial charge in [-0.1, -0.05) is 0 Å². The minimum Gasteiger partial charge on any atom is -0.382 e. The summed E-state index contributed by atoms with van der Waals surface area (Å²) in [6.45, 7) is 4.86. The van der Waals surface area contributed by atoms with Gasteiger partial charge in [-0.3, -0.25) is 0 Å². The molecule has 11 heavy (non-hydrogen) atoms. The molecule has 1 heterocycles. The number of imidazole rings is 1. The van der Waals surface area contributed by atoms with Crippen molar-refractivity contribution in [1.29, 1.82) is 0 Å². The van der Waals surface area contributed by atoms with Gasteiger partial charge in [-0.05, 0) is 13.8 Å². The third kappa shape index (κ3) is 1.45. The number of aromatic amines is 1. The van der Waals surface area contributed by atoms with E-state index in [0.717, 1.165) is 18.2 Å². The Morgan fingerprint density at radius 3 is 2.64 bits per heavy atom. The minimum atomic E-state index is 0.645. The number of rotatable bonds is 2. The molecule has 0 radical (unpaired) electrons. The molecule has 0 unspecified atom stereocenters. The Kier molecular flexibility index (Phi) is 2.03. The fraction of sp³-hybridized carbons (Fsp3) is 0.571. The smallest absolute Gasteiger partial charge is 0.171 e. The predicted molar refractivity (Wildman–Crippen MR) is 46.7 cm³/mol. The summed E-state index contributed by atoms with van der Waals surface area (Å²) in [5, 5.41) is 0. The maximum Gasteiger partial charge on any atom is 0.171 e. The van der Waals surface area contributed by atoms with E-state index in [4.69, 9.17) is 5.73 Å². The molecule has 0 bridgehead atoms. The molecule has 1 aromatic rings. The zero-order chi connectivity index (χ0) is 8.43. The number of aromatic nitrogens is 2. The molecule has 0 saturated heterocycles. The average Bonchev–Trinajstić information content (AvgIpc) is 2.28. The first kappa shape index (κ1) is 7.91. The SMILES string of the molecule is CCN(C)c1nc(C)[nH]c1N. The van der Waals surface area contributed by atoms with E-state index in [1.165, 1.54) is 0 Å². The molecular weight excluding hydrogens is 140 g/mol. The highest BCUT2D eigenvalue weighted by Crippen LogP contribution is 2.17. The van der Waals surface area contributed by atoms with Crippen molar-refractivity contribution in [3.63, 3.8) is 0 Å². The van der Waals surface area contributed by atoms with Gasteiger partial charge in [0.05, 0.1) is 0 Å². The van der Waals surface area contributed by atoms with Gasteiger partial charge in [0, 0.05) is 13.6 Å². The summed E-state index contributed by atoms with van der Waals surface area (Å²) in [4.78, 5) is 9.17. The van der Waals surface area contributed by atoms with Crippen molar-refractivity contribution in [3.05, 3.63) is 5.82 Å². The van der Waals surface area contributed by atoms with E-state index in [0.29, 0.717) is 5.82 Å². The number of nitrogens with zero attached hydrogens (tertiary/aromatic N) is 2. The van der Waals surface area contributed by atoms with Crippen molar-refractivity contribution in [3.8, 4) is 0 Å². The topological polar surface area (TPSA) is 57.9 Å². The fourth-order valence-corrected chi connectivity index (χ4v) is 0.939. The van der Waals surface area contributed by atoms with Crippen molar-refractivity contribution in [2.24, 2.45) is 0 Å². The number of anilines is 2. The van der Waals surface area contributed by atoms with E-state index >= 15 is 0 Å². The molecule has 0 aliphatic carbocycles. The molecule has 62 valence electrons. The van der Waals surface area contributed by atoms with E-state index in [1.54, 1.807) is 0 Å². The maximum absolute atomic E-state index is 5.66. The Labute approximate surface area is 66.4 Å². The minimum absolute atomic E-state index is 0.645. The average molecular weight is 154 g/mol. The van der Waals surface area contributed by atoms with Crippen LogP contribution in [0, 0.1) is 6.92 Å². The van der Waals surface area contributed by atoms with Crippen molar-refractivity contribution in [1.82, 2.24) is 9.97 Å². The molecule has 0 aromatic carbocycles. The van der Waals surface area contributed by atoms with Gasteiger partial charge in [-0.2, -0.15) is 0 Å². The van der Waals surface area contributed by atoms with Crippen LogP contribution >= 0.6 is 0 Å². The number of hydrogen-bond donors (Lipinski definition) is 2. The molecule has 0 spiro atoms. The van der Waals surface area contributed by atoms with E-state index in [9.17, 15) is 0 Å². The molecule has 0 aliphatic heterocycles. The molecule has 0 aliphatic rings. The zero-order valence-corrected chi connectivity index (χ0v) is 7.18. The molecule has 0 atom stereocenters. The Morgan fingerprint density at radius 1 is 1.64 bits per heavy atom. The highest BCUT2D eigenvalue weighted by atomic mass is 15.2. The third-order valence-electron chi connectivity index (χ3n) is 1.67. The molecule has 1 rings (SSSR count). The van der Waals surface area contributed by atoms with E-state index in [-0.39, 0.29) is 0 Å². The molecule has 4 nitrogen and oxygen atoms in total. The van der Waals surface area contributed by atoms with Gasteiger partial charge in [-0.25, -0.2) is 4.98 Å². The summed E-state index contributed by atoms with van der Waals surface area (Å²) in [7, 11) is 1.96. The van der Waals surface area contributed by atoms with Crippen LogP contribution in [0.1, 0.15) is 12.7 Å². The van der Waals surface area contributed by atoms with Crippen LogP contribution in [-0.2, 0) is 0 Å². The third-order valence-corrected chi connectivity index (χ3v) is 1.67. The lowest BCUT2D eigenvalue weighted by Crippen LogP contribution is -2.17. The number of nitrogens with two attached hydrogens (primary N) is 1. The van der Waals surface area contributed by atoms with Crippen molar-refractivity contribution >= 4 is 11.6 Å². The number of hydrogen-bond acceptors (Lipinski definition) is 3. The normalized spacial score (nSPS) is 10.1. The zero-order valence-electron chi connectivity index (χ0n) is 7.18. The number of H-pyrrole nitrogens is 1. The summed E-state index contributed by atoms with van der Waals surface area (Å²) < 4.78 is 0. The van der Waals surface area contributed by atoms with Crippen molar-refractivity contribution < 1.29 is 0 Å². The van der Waals surface area contributed by atoms with Crippen molar-refractivity contribution in [2.75, 3.05) is 24.2 Å². The van der Waals surface area contributed by atoms with Crippen LogP contribution in [0.2, 0.25) is 0 Å². The van der Waals surface area contributed by atoms with Gasteiger partial charge < -0.3 is 15.6 Å². The highest BCUT2D eigenvalue weighted by molar-refractivity contribution is 5.58. The predicted octanol–water partition coefficient (Wildman–Crippen LogP) is 0.756. The number of nitrogens with one attached hydrogen (secondary N) is 1. The summed E-state index contributed by atoms with van der Waals surface area (Å²) in [6.07, 6.45) is 0. The van der Waals surface area contributed by atoms with Gasteiger partial charge in [0.1, 0.15) is 11.6 Å². The van der Waals surface area contributed by atoms with Crippen LogP contribution < -0.4 is 10.6 Å². The second-order valence-corrected chi connectivity index (χ2v) is 2.57. The van der Waals surface area contributed by atoms with Gasteiger partial charge in [0.15, 0.2) is 5.82 Å². The van der Waals surface area contributed by atoms with E-state index < -0.39 is 0 Å². The summed E-state index contributed by atoms with van der Waals surface area (Å²) in [5.41, 5.74) is 5.66. The molecular formula is C7H14N4. The second kappa shape index (κ2) is 2.82. The Morgan fingerprint density at radius 2 is 2.27 bits per heavy atom. The summed E-state index contributed by atoms with van der Waals surface area (Å²) >= 11 is 0. The molecule has 3 N–H and O–H groups in total. The molecule has 0 saturated carbocycles. The monoisotopic (exact) mass is 154 g/mol. The summed E-state index contributed by atoms with van der Waals surface area (Å²) in [5.74, 6) is 2.34. The first-order chi connectivity index (χ1) is 5.15. The Balaban J connectivity index is 2.93. The number of aryl methyl sites for hydroxylation is 1.